The van der Waals surface area contributed by atoms with Crippen LogP contribution in [0.5, 0.6) is 0 Å². The summed E-state index contributed by atoms with van der Waals surface area (Å²) < 4.78 is 24.0. The van der Waals surface area contributed by atoms with E-state index in [1.165, 1.54) is 16.3 Å². The molecule has 0 radical (unpaired) electrons. The van der Waals surface area contributed by atoms with Gasteiger partial charge in [0.2, 0.25) is 0 Å². The molecule has 0 aromatic carbocycles. The van der Waals surface area contributed by atoms with Gasteiger partial charge >= 0.3 is 8.80 Å². The highest BCUT2D eigenvalue weighted by Gasteiger charge is 2.50. The van der Waals surface area contributed by atoms with Crippen LogP contribution in [0.2, 0.25) is 0 Å². The number of hydrogen-bond donors (Lipinski definition) is 0. The van der Waals surface area contributed by atoms with E-state index in [-0.39, 0.29) is 5.92 Å². The molecular formula is C16H30O4Si. The van der Waals surface area contributed by atoms with E-state index in [9.17, 15) is 0 Å². The summed E-state index contributed by atoms with van der Waals surface area (Å²) in [7, 11) is -2.85. The van der Waals surface area contributed by atoms with Crippen LogP contribution in [0.3, 0.4) is 0 Å². The molecule has 1 atom stereocenters. The molecule has 21 heavy (non-hydrogen) atoms. The van der Waals surface area contributed by atoms with E-state index in [1.54, 1.807) is 0 Å². The zero-order valence-corrected chi connectivity index (χ0v) is 15.3. The fourth-order valence-corrected chi connectivity index (χ4v) is 6.02. The van der Waals surface area contributed by atoms with Gasteiger partial charge in [-0.15, -0.1) is 0 Å². The molecule has 1 saturated heterocycles. The van der Waals surface area contributed by atoms with Crippen molar-refractivity contribution in [2.24, 2.45) is 5.92 Å². The molecule has 1 fully saturated rings. The minimum absolute atomic E-state index is 0.219. The molecule has 1 rings (SSSR count). The van der Waals surface area contributed by atoms with Crippen molar-refractivity contribution >= 4 is 8.80 Å². The van der Waals surface area contributed by atoms with Crippen molar-refractivity contribution in [2.45, 2.75) is 41.5 Å². The van der Waals surface area contributed by atoms with E-state index in [0.29, 0.717) is 33.0 Å². The Bertz CT molecular complexity index is 369. The monoisotopic (exact) mass is 314 g/mol. The molecule has 0 bridgehead atoms. The lowest BCUT2D eigenvalue weighted by Crippen LogP contribution is -2.51. The standard InChI is InChI=1S/C16H30O4Si/c1-7-14-11-17-12-15(14)16(13(5)6)21(18-8-2,19-9-3)20-10-4/h7,15H,8-12H2,1-6H3/b14-7+. The zero-order valence-electron chi connectivity index (χ0n) is 14.3. The van der Waals surface area contributed by atoms with E-state index in [1.807, 2.05) is 20.8 Å². The van der Waals surface area contributed by atoms with Crippen LogP contribution >= 0.6 is 0 Å². The summed E-state index contributed by atoms with van der Waals surface area (Å²) in [4.78, 5) is 0. The lowest BCUT2D eigenvalue weighted by Gasteiger charge is -2.34. The molecule has 122 valence electrons. The second-order valence-electron chi connectivity index (χ2n) is 5.20. The van der Waals surface area contributed by atoms with Gasteiger partial charge in [-0.3, -0.25) is 0 Å². The molecule has 1 unspecified atom stereocenters. The van der Waals surface area contributed by atoms with Gasteiger partial charge in [0.1, 0.15) is 0 Å². The number of rotatable bonds is 8. The molecule has 5 heteroatoms. The maximum absolute atomic E-state index is 6.09. The van der Waals surface area contributed by atoms with Crippen molar-refractivity contribution in [3.05, 3.63) is 22.4 Å². The van der Waals surface area contributed by atoms with Gasteiger partial charge < -0.3 is 18.0 Å². The fourth-order valence-electron chi connectivity index (χ4n) is 2.85. The topological polar surface area (TPSA) is 36.9 Å². The number of allylic oxidation sites excluding steroid dienone is 2. The molecular weight excluding hydrogens is 284 g/mol. The van der Waals surface area contributed by atoms with Crippen LogP contribution in [0.15, 0.2) is 22.4 Å². The number of hydrogen-bond acceptors (Lipinski definition) is 4. The van der Waals surface area contributed by atoms with Crippen molar-refractivity contribution in [3.63, 3.8) is 0 Å². The van der Waals surface area contributed by atoms with Crippen LogP contribution < -0.4 is 0 Å². The molecule has 1 aliphatic rings. The van der Waals surface area contributed by atoms with Gasteiger partial charge in [-0.05, 0) is 47.1 Å². The second kappa shape index (κ2) is 8.85. The summed E-state index contributed by atoms with van der Waals surface area (Å²) in [5.41, 5.74) is 2.51. The first kappa shape index (κ1) is 18.6. The molecule has 0 aliphatic carbocycles. The van der Waals surface area contributed by atoms with E-state index >= 15 is 0 Å². The first-order valence-electron chi connectivity index (χ1n) is 7.88. The SMILES string of the molecule is C/C=C1\COCC1C(=C(C)C)[Si](OCC)(OCC)OCC. The summed E-state index contributed by atoms with van der Waals surface area (Å²) in [5.74, 6) is 0.219. The van der Waals surface area contributed by atoms with Crippen LogP contribution in [0.25, 0.3) is 0 Å². The highest BCUT2D eigenvalue weighted by atomic mass is 28.4. The second-order valence-corrected chi connectivity index (χ2v) is 7.72. The lowest BCUT2D eigenvalue weighted by molar-refractivity contribution is 0.0769. The molecule has 4 nitrogen and oxygen atoms in total. The van der Waals surface area contributed by atoms with E-state index in [4.69, 9.17) is 18.0 Å². The Morgan fingerprint density at radius 3 is 2.05 bits per heavy atom. The third-order valence-electron chi connectivity index (χ3n) is 3.59. The highest BCUT2D eigenvalue weighted by Crippen LogP contribution is 2.36. The van der Waals surface area contributed by atoms with Gasteiger partial charge in [0, 0.05) is 30.9 Å². The summed E-state index contributed by atoms with van der Waals surface area (Å²) in [6.45, 7) is 15.4. The Kier molecular flexibility index (Phi) is 7.84. The van der Waals surface area contributed by atoms with E-state index in [2.05, 4.69) is 26.8 Å². The third kappa shape index (κ3) is 4.26. The van der Waals surface area contributed by atoms with Crippen LogP contribution in [0, 0.1) is 5.92 Å². The Morgan fingerprint density at radius 2 is 1.67 bits per heavy atom. The molecule has 0 saturated carbocycles. The molecule has 1 aliphatic heterocycles. The smallest absolute Gasteiger partial charge is 0.376 e. The molecule has 0 amide bonds. The minimum atomic E-state index is -2.85. The third-order valence-corrected chi connectivity index (χ3v) is 7.11. The minimum Gasteiger partial charge on any atom is -0.376 e. The zero-order chi connectivity index (χ0) is 15.9. The predicted octanol–water partition coefficient (Wildman–Crippen LogP) is 3.50. The first-order valence-corrected chi connectivity index (χ1v) is 9.61. The van der Waals surface area contributed by atoms with Crippen LogP contribution in [-0.2, 0) is 18.0 Å². The van der Waals surface area contributed by atoms with Crippen LogP contribution in [-0.4, -0.2) is 41.8 Å². The molecule has 0 N–H and O–H groups in total. The van der Waals surface area contributed by atoms with Gasteiger partial charge in [0.15, 0.2) is 0 Å². The Labute approximate surface area is 130 Å². The van der Waals surface area contributed by atoms with Gasteiger partial charge in [-0.25, -0.2) is 0 Å². The molecule has 0 aromatic heterocycles. The first-order chi connectivity index (χ1) is 10.1. The number of ether oxygens (including phenoxy) is 1. The van der Waals surface area contributed by atoms with E-state index < -0.39 is 8.80 Å². The Hall–Kier alpha value is -0.463. The maximum atomic E-state index is 6.09. The van der Waals surface area contributed by atoms with Crippen molar-refractivity contribution < 1.29 is 18.0 Å². The quantitative estimate of drug-likeness (QED) is 0.507. The maximum Gasteiger partial charge on any atom is 0.533 e. The lowest BCUT2D eigenvalue weighted by atomic mass is 10.00. The van der Waals surface area contributed by atoms with Crippen molar-refractivity contribution in [2.75, 3.05) is 33.0 Å². The van der Waals surface area contributed by atoms with Crippen LogP contribution in [0.1, 0.15) is 41.5 Å². The molecule has 0 aromatic rings. The fraction of sp³-hybridized carbons (Fsp3) is 0.750. The average Bonchev–Trinajstić information content (AvgIpc) is 2.87. The summed E-state index contributed by atoms with van der Waals surface area (Å²) in [5, 5.41) is 1.18. The molecule has 0 spiro atoms. The van der Waals surface area contributed by atoms with Crippen molar-refractivity contribution in [1.29, 1.82) is 0 Å². The summed E-state index contributed by atoms with van der Waals surface area (Å²) >= 11 is 0. The highest BCUT2D eigenvalue weighted by molar-refractivity contribution is 6.69. The normalized spacial score (nSPS) is 21.0. The van der Waals surface area contributed by atoms with Gasteiger partial charge in [0.25, 0.3) is 0 Å². The largest absolute Gasteiger partial charge is 0.533 e. The van der Waals surface area contributed by atoms with Crippen molar-refractivity contribution in [1.82, 2.24) is 0 Å². The van der Waals surface area contributed by atoms with Gasteiger partial charge in [-0.2, -0.15) is 0 Å². The molecule has 1 heterocycles. The predicted molar refractivity (Wildman–Crippen MR) is 87.1 cm³/mol. The Balaban J connectivity index is 3.29. The van der Waals surface area contributed by atoms with Gasteiger partial charge in [-0.1, -0.05) is 11.6 Å². The summed E-state index contributed by atoms with van der Waals surface area (Å²) in [6, 6.07) is 0. The summed E-state index contributed by atoms with van der Waals surface area (Å²) in [6.07, 6.45) is 2.14. The Morgan fingerprint density at radius 1 is 1.14 bits per heavy atom. The van der Waals surface area contributed by atoms with Crippen molar-refractivity contribution in [3.8, 4) is 0 Å². The van der Waals surface area contributed by atoms with E-state index in [0.717, 1.165) is 0 Å². The average molecular weight is 314 g/mol. The van der Waals surface area contributed by atoms with Gasteiger partial charge in [0.05, 0.1) is 13.2 Å². The van der Waals surface area contributed by atoms with Crippen LogP contribution in [0.4, 0.5) is 0 Å².